The van der Waals surface area contributed by atoms with Crippen LogP contribution in [0.2, 0.25) is 0 Å². The van der Waals surface area contributed by atoms with E-state index in [1.54, 1.807) is 24.3 Å². The zero-order chi connectivity index (χ0) is 13.1. The molecule has 0 heterocycles. The summed E-state index contributed by atoms with van der Waals surface area (Å²) in [5.41, 5.74) is 0.694. The zero-order valence-electron chi connectivity index (χ0n) is 11.8. The zero-order valence-corrected chi connectivity index (χ0v) is 12.8. The Morgan fingerprint density at radius 3 is 2.32 bits per heavy atom. The molecule has 2 aromatic carbocycles. The van der Waals surface area contributed by atoms with Gasteiger partial charge >= 0.3 is 29.6 Å². The Labute approximate surface area is 134 Å². The summed E-state index contributed by atoms with van der Waals surface area (Å²) in [6.45, 7) is 0. The predicted molar refractivity (Wildman–Crippen MR) is 67.3 cm³/mol. The molecule has 0 aliphatic heterocycles. The van der Waals surface area contributed by atoms with Gasteiger partial charge in [0.15, 0.2) is 17.3 Å². The third kappa shape index (κ3) is 3.10. The van der Waals surface area contributed by atoms with Crippen LogP contribution >= 0.6 is 0 Å². The molecule has 0 saturated carbocycles. The van der Waals surface area contributed by atoms with Gasteiger partial charge in [0.1, 0.15) is 0 Å². The molecular formula is C14H13NaO4. The molecule has 5 heteroatoms. The van der Waals surface area contributed by atoms with Crippen LogP contribution in [0.4, 0.5) is 0 Å². The number of hydrogen-bond acceptors (Lipinski definition) is 4. The minimum absolute atomic E-state index is 0. The van der Waals surface area contributed by atoms with Gasteiger partial charge in [0.2, 0.25) is 5.75 Å². The molecule has 0 unspecified atom stereocenters. The summed E-state index contributed by atoms with van der Waals surface area (Å²) in [5.74, 6) is -1.05. The van der Waals surface area contributed by atoms with Gasteiger partial charge in [0, 0.05) is 5.56 Å². The van der Waals surface area contributed by atoms with Crippen molar-refractivity contribution in [3.63, 3.8) is 0 Å². The number of carbonyl (C=O) groups excluding carboxylic acids is 1. The maximum Gasteiger partial charge on any atom is 1.00 e. The summed E-state index contributed by atoms with van der Waals surface area (Å²) in [6, 6.07) is 11.3. The van der Waals surface area contributed by atoms with E-state index in [0.29, 0.717) is 5.56 Å². The summed E-state index contributed by atoms with van der Waals surface area (Å²) in [4.78, 5) is 12.2. The molecule has 0 aromatic heterocycles. The Hall–Kier alpha value is -1.49. The molecule has 0 aliphatic rings. The third-order valence-electron chi connectivity index (χ3n) is 2.59. The average molecular weight is 268 g/mol. The molecule has 0 radical (unpaired) electrons. The van der Waals surface area contributed by atoms with Crippen molar-refractivity contribution < 1.29 is 50.7 Å². The van der Waals surface area contributed by atoms with Gasteiger partial charge in [-0.15, -0.1) is 0 Å². The van der Waals surface area contributed by atoms with Crippen LogP contribution in [0.3, 0.4) is 0 Å². The quantitative estimate of drug-likeness (QED) is 0.445. The molecule has 0 saturated heterocycles. The Balaban J connectivity index is 0.00000180. The van der Waals surface area contributed by atoms with E-state index >= 15 is 0 Å². The van der Waals surface area contributed by atoms with E-state index in [9.17, 15) is 15.0 Å². The number of ketones is 1. The number of benzene rings is 2. The smallest absolute Gasteiger partial charge is 1.00 e. The fourth-order valence-corrected chi connectivity index (χ4v) is 1.69. The number of rotatable bonds is 3. The van der Waals surface area contributed by atoms with Crippen LogP contribution < -0.4 is 34.3 Å². The average Bonchev–Trinajstić information content (AvgIpc) is 2.42. The number of aromatic hydroxyl groups is 2. The van der Waals surface area contributed by atoms with Crippen molar-refractivity contribution in [1.82, 2.24) is 0 Å². The van der Waals surface area contributed by atoms with Gasteiger partial charge in [-0.25, -0.2) is 0 Å². The number of phenols is 2. The molecule has 0 atom stereocenters. The largest absolute Gasteiger partial charge is 1.00 e. The molecule has 0 bridgehead atoms. The minimum atomic E-state index is -0.431. The molecule has 0 aliphatic carbocycles. The first-order valence-corrected chi connectivity index (χ1v) is 5.34. The first-order valence-electron chi connectivity index (χ1n) is 5.34. The number of methoxy groups -OCH3 is 1. The predicted octanol–water partition coefficient (Wildman–Crippen LogP) is -0.546. The molecule has 2 N–H and O–H groups in total. The fourth-order valence-electron chi connectivity index (χ4n) is 1.69. The Morgan fingerprint density at radius 2 is 1.74 bits per heavy atom. The first-order chi connectivity index (χ1) is 8.65. The van der Waals surface area contributed by atoms with E-state index in [1.165, 1.54) is 19.2 Å². The second-order valence-electron chi connectivity index (χ2n) is 3.71. The Kier molecular flexibility index (Phi) is 5.42. The number of carbonyl (C=O) groups is 1. The van der Waals surface area contributed by atoms with Crippen molar-refractivity contribution >= 4 is 5.78 Å². The SMILES string of the molecule is COc1c(C(=O)c2ccccc2)ccc(O)c1O.[H-].[Na+]. The van der Waals surface area contributed by atoms with E-state index in [1.807, 2.05) is 6.07 Å². The molecule has 19 heavy (non-hydrogen) atoms. The van der Waals surface area contributed by atoms with Crippen LogP contribution in [0, 0.1) is 0 Å². The van der Waals surface area contributed by atoms with Gasteiger partial charge < -0.3 is 16.4 Å². The van der Waals surface area contributed by atoms with Crippen LogP contribution in [0.1, 0.15) is 17.3 Å². The molecule has 0 spiro atoms. The molecule has 0 amide bonds. The summed E-state index contributed by atoms with van der Waals surface area (Å²) in [6.07, 6.45) is 0. The number of ether oxygens (including phenoxy) is 1. The van der Waals surface area contributed by atoms with E-state index in [0.717, 1.165) is 0 Å². The van der Waals surface area contributed by atoms with E-state index < -0.39 is 5.75 Å². The monoisotopic (exact) mass is 268 g/mol. The molecular weight excluding hydrogens is 255 g/mol. The summed E-state index contributed by atoms with van der Waals surface area (Å²) >= 11 is 0. The van der Waals surface area contributed by atoms with E-state index in [4.69, 9.17) is 4.74 Å². The Bertz CT molecular complexity index is 587. The maximum atomic E-state index is 12.2. The van der Waals surface area contributed by atoms with Crippen LogP contribution in [0.5, 0.6) is 17.2 Å². The topological polar surface area (TPSA) is 66.8 Å². The molecule has 4 nitrogen and oxygen atoms in total. The summed E-state index contributed by atoms with van der Waals surface area (Å²) < 4.78 is 4.97. The van der Waals surface area contributed by atoms with Crippen LogP contribution in [-0.2, 0) is 0 Å². The van der Waals surface area contributed by atoms with Crippen molar-refractivity contribution in [2.24, 2.45) is 0 Å². The number of phenolic OH excluding ortho intramolecular Hbond substituents is 2. The van der Waals surface area contributed by atoms with Crippen molar-refractivity contribution in [3.05, 3.63) is 53.6 Å². The van der Waals surface area contributed by atoms with Gasteiger partial charge in [-0.05, 0) is 12.1 Å². The number of hydrogen-bond donors (Lipinski definition) is 2. The van der Waals surface area contributed by atoms with Gasteiger partial charge in [-0.1, -0.05) is 30.3 Å². The molecule has 94 valence electrons. The van der Waals surface area contributed by atoms with Crippen molar-refractivity contribution in [2.45, 2.75) is 0 Å². The summed E-state index contributed by atoms with van der Waals surface area (Å²) in [7, 11) is 1.33. The Morgan fingerprint density at radius 1 is 1.11 bits per heavy atom. The van der Waals surface area contributed by atoms with Crippen LogP contribution in [-0.4, -0.2) is 23.1 Å². The summed E-state index contributed by atoms with van der Waals surface area (Å²) in [5, 5.41) is 19.0. The van der Waals surface area contributed by atoms with Gasteiger partial charge in [0.25, 0.3) is 0 Å². The van der Waals surface area contributed by atoms with Gasteiger partial charge in [-0.2, -0.15) is 0 Å². The normalized spacial score (nSPS) is 9.53. The van der Waals surface area contributed by atoms with Crippen LogP contribution in [0.25, 0.3) is 0 Å². The fraction of sp³-hybridized carbons (Fsp3) is 0.0714. The second-order valence-corrected chi connectivity index (χ2v) is 3.71. The minimum Gasteiger partial charge on any atom is -1.00 e. The van der Waals surface area contributed by atoms with E-state index in [-0.39, 0.29) is 53.8 Å². The first kappa shape index (κ1) is 15.6. The maximum absolute atomic E-state index is 12.2. The van der Waals surface area contributed by atoms with E-state index in [2.05, 4.69) is 0 Å². The van der Waals surface area contributed by atoms with Gasteiger partial charge in [-0.3, -0.25) is 4.79 Å². The second kappa shape index (κ2) is 6.61. The van der Waals surface area contributed by atoms with Crippen molar-refractivity contribution in [2.75, 3.05) is 7.11 Å². The van der Waals surface area contributed by atoms with Crippen molar-refractivity contribution in [3.8, 4) is 17.2 Å². The molecule has 0 fully saturated rings. The van der Waals surface area contributed by atoms with Crippen LogP contribution in [0.15, 0.2) is 42.5 Å². The molecule has 2 aromatic rings. The van der Waals surface area contributed by atoms with Crippen molar-refractivity contribution in [1.29, 1.82) is 0 Å². The molecule has 2 rings (SSSR count). The van der Waals surface area contributed by atoms with Gasteiger partial charge in [0.05, 0.1) is 12.7 Å². The standard InChI is InChI=1S/C14H12O4.Na.H/c1-18-14-10(7-8-11(15)13(14)17)12(16)9-5-3-2-4-6-9;;/h2-8,15,17H,1H3;;/q;+1;-1. The third-order valence-corrected chi connectivity index (χ3v) is 2.59.